The molecule has 0 fully saturated rings. The van der Waals surface area contributed by atoms with Crippen LogP contribution in [0.15, 0.2) is 115 Å². The molecule has 2 aliphatic carbocycles. The monoisotopic (exact) mass is 478 g/mol. The fourth-order valence-corrected chi connectivity index (χ4v) is 5.50. The molecule has 1 atom stereocenters. The molecule has 0 spiro atoms. The SMILES string of the molecule is C1=CCC(n2c3ccccc3c3ccccc32)C(c2nc(C3=CCCC=C3)nc(-c3ccccc3)n2)=C1. The van der Waals surface area contributed by atoms with Crippen LogP contribution in [0.25, 0.3) is 44.3 Å². The fraction of sp³-hybridized carbons (Fsp3) is 0.121. The second-order valence-corrected chi connectivity index (χ2v) is 9.52. The maximum Gasteiger partial charge on any atom is 0.164 e. The molecule has 5 aromatic rings. The molecule has 0 saturated carbocycles. The maximum atomic E-state index is 5.07. The number of benzene rings is 3. The Labute approximate surface area is 216 Å². The van der Waals surface area contributed by atoms with Crippen LogP contribution in [0.4, 0.5) is 0 Å². The van der Waals surface area contributed by atoms with Crippen molar-refractivity contribution in [2.24, 2.45) is 0 Å². The van der Waals surface area contributed by atoms with Gasteiger partial charge in [-0.05, 0) is 31.4 Å². The molecule has 0 aliphatic heterocycles. The van der Waals surface area contributed by atoms with Gasteiger partial charge >= 0.3 is 0 Å². The molecule has 0 amide bonds. The Morgan fingerprint density at radius 3 is 2.05 bits per heavy atom. The van der Waals surface area contributed by atoms with E-state index in [9.17, 15) is 0 Å². The van der Waals surface area contributed by atoms with E-state index in [1.165, 1.54) is 21.8 Å². The molecule has 2 aromatic heterocycles. The lowest BCUT2D eigenvalue weighted by atomic mass is 9.97. The first-order valence-electron chi connectivity index (χ1n) is 12.9. The van der Waals surface area contributed by atoms with Crippen LogP contribution >= 0.6 is 0 Å². The zero-order valence-electron chi connectivity index (χ0n) is 20.5. The molecule has 0 N–H and O–H groups in total. The van der Waals surface area contributed by atoms with Crippen molar-refractivity contribution in [2.75, 3.05) is 0 Å². The number of rotatable bonds is 4. The quantitative estimate of drug-likeness (QED) is 0.263. The summed E-state index contributed by atoms with van der Waals surface area (Å²) in [5.41, 5.74) is 5.62. The topological polar surface area (TPSA) is 43.6 Å². The van der Waals surface area contributed by atoms with Gasteiger partial charge in [0.25, 0.3) is 0 Å². The van der Waals surface area contributed by atoms with E-state index in [4.69, 9.17) is 15.0 Å². The predicted molar refractivity (Wildman–Crippen MR) is 152 cm³/mol. The number of hydrogen-bond donors (Lipinski definition) is 0. The van der Waals surface area contributed by atoms with Crippen molar-refractivity contribution in [1.29, 1.82) is 0 Å². The number of fused-ring (bicyclic) bond motifs is 3. The molecular formula is C33H26N4. The summed E-state index contributed by atoms with van der Waals surface area (Å²) in [6.07, 6.45) is 16.0. The highest BCUT2D eigenvalue weighted by molar-refractivity contribution is 6.08. The largest absolute Gasteiger partial charge is 0.332 e. The van der Waals surface area contributed by atoms with Crippen molar-refractivity contribution in [3.8, 4) is 11.4 Å². The van der Waals surface area contributed by atoms with Crippen molar-refractivity contribution in [1.82, 2.24) is 19.5 Å². The zero-order valence-corrected chi connectivity index (χ0v) is 20.5. The maximum absolute atomic E-state index is 5.07. The molecule has 2 aliphatic rings. The van der Waals surface area contributed by atoms with Gasteiger partial charge in [-0.1, -0.05) is 103 Å². The van der Waals surface area contributed by atoms with Gasteiger partial charge in [0, 0.05) is 38.5 Å². The summed E-state index contributed by atoms with van der Waals surface area (Å²) in [6, 6.07) is 27.6. The van der Waals surface area contributed by atoms with Gasteiger partial charge in [-0.25, -0.2) is 15.0 Å². The molecule has 0 saturated heterocycles. The minimum absolute atomic E-state index is 0.0737. The van der Waals surface area contributed by atoms with E-state index in [1.807, 2.05) is 18.2 Å². The highest BCUT2D eigenvalue weighted by Crippen LogP contribution is 2.40. The fourth-order valence-electron chi connectivity index (χ4n) is 5.50. The first kappa shape index (κ1) is 21.7. The second-order valence-electron chi connectivity index (χ2n) is 9.52. The molecule has 7 rings (SSSR count). The van der Waals surface area contributed by atoms with Gasteiger partial charge in [0.05, 0.1) is 6.04 Å². The number of allylic oxidation sites excluding steroid dienone is 8. The third-order valence-electron chi connectivity index (χ3n) is 7.24. The number of hydrogen-bond acceptors (Lipinski definition) is 3. The van der Waals surface area contributed by atoms with E-state index in [1.54, 1.807) is 0 Å². The number of aromatic nitrogens is 4. The van der Waals surface area contributed by atoms with Crippen molar-refractivity contribution in [3.63, 3.8) is 0 Å². The Balaban J connectivity index is 1.44. The van der Waals surface area contributed by atoms with Crippen LogP contribution in [0.3, 0.4) is 0 Å². The van der Waals surface area contributed by atoms with Crippen LogP contribution in [0.1, 0.15) is 37.0 Å². The smallest absolute Gasteiger partial charge is 0.164 e. The molecular weight excluding hydrogens is 452 g/mol. The Morgan fingerprint density at radius 2 is 1.32 bits per heavy atom. The summed E-state index contributed by atoms with van der Waals surface area (Å²) in [6.45, 7) is 0. The highest BCUT2D eigenvalue weighted by Gasteiger charge is 2.26. The van der Waals surface area contributed by atoms with Gasteiger partial charge in [0.15, 0.2) is 17.5 Å². The third kappa shape index (κ3) is 3.82. The van der Waals surface area contributed by atoms with E-state index < -0.39 is 0 Å². The molecule has 3 aromatic carbocycles. The van der Waals surface area contributed by atoms with Gasteiger partial charge in [0.1, 0.15) is 0 Å². The molecule has 4 heteroatoms. The molecule has 1 unspecified atom stereocenters. The Bertz CT molecular complexity index is 1700. The lowest BCUT2D eigenvalue weighted by Crippen LogP contribution is -2.15. The minimum atomic E-state index is 0.0737. The lowest BCUT2D eigenvalue weighted by molar-refractivity contribution is 0.659. The third-order valence-corrected chi connectivity index (χ3v) is 7.24. The minimum Gasteiger partial charge on any atom is -0.332 e. The average molecular weight is 479 g/mol. The molecule has 4 nitrogen and oxygen atoms in total. The molecule has 2 heterocycles. The van der Waals surface area contributed by atoms with E-state index in [0.717, 1.165) is 47.6 Å². The second kappa shape index (κ2) is 9.14. The Kier molecular flexibility index (Phi) is 5.36. The van der Waals surface area contributed by atoms with Crippen LogP contribution in [0.5, 0.6) is 0 Å². The summed E-state index contributed by atoms with van der Waals surface area (Å²) < 4.78 is 2.46. The van der Waals surface area contributed by atoms with Gasteiger partial charge < -0.3 is 4.57 Å². The average Bonchev–Trinajstić information content (AvgIpc) is 3.32. The first-order chi connectivity index (χ1) is 18.4. The van der Waals surface area contributed by atoms with Crippen LogP contribution < -0.4 is 0 Å². The van der Waals surface area contributed by atoms with Crippen molar-refractivity contribution < 1.29 is 0 Å². The summed E-state index contributed by atoms with van der Waals surface area (Å²) in [5, 5.41) is 2.54. The summed E-state index contributed by atoms with van der Waals surface area (Å²) in [7, 11) is 0. The van der Waals surface area contributed by atoms with Crippen molar-refractivity contribution >= 4 is 33.0 Å². The van der Waals surface area contributed by atoms with E-state index in [-0.39, 0.29) is 6.04 Å². The normalized spacial score (nSPS) is 17.2. The van der Waals surface area contributed by atoms with E-state index >= 15 is 0 Å². The van der Waals surface area contributed by atoms with Gasteiger partial charge in [-0.2, -0.15) is 0 Å². The van der Waals surface area contributed by atoms with Gasteiger partial charge in [-0.15, -0.1) is 0 Å². The van der Waals surface area contributed by atoms with E-state index in [0.29, 0.717) is 5.82 Å². The van der Waals surface area contributed by atoms with Crippen LogP contribution in [-0.2, 0) is 0 Å². The molecule has 0 radical (unpaired) electrons. The predicted octanol–water partition coefficient (Wildman–Crippen LogP) is 7.96. The van der Waals surface area contributed by atoms with Gasteiger partial charge in [-0.3, -0.25) is 0 Å². The van der Waals surface area contributed by atoms with E-state index in [2.05, 4.69) is 102 Å². The highest BCUT2D eigenvalue weighted by atomic mass is 15.1. The summed E-state index contributed by atoms with van der Waals surface area (Å²) >= 11 is 0. The van der Waals surface area contributed by atoms with Crippen LogP contribution in [0, 0.1) is 0 Å². The Morgan fingerprint density at radius 1 is 0.649 bits per heavy atom. The van der Waals surface area contributed by atoms with Crippen molar-refractivity contribution in [3.05, 3.63) is 127 Å². The number of para-hydroxylation sites is 2. The van der Waals surface area contributed by atoms with Crippen LogP contribution in [-0.4, -0.2) is 19.5 Å². The van der Waals surface area contributed by atoms with Crippen molar-refractivity contribution in [2.45, 2.75) is 25.3 Å². The summed E-state index contributed by atoms with van der Waals surface area (Å²) in [4.78, 5) is 15.0. The molecule has 0 bridgehead atoms. The molecule has 178 valence electrons. The zero-order chi connectivity index (χ0) is 24.6. The first-order valence-corrected chi connectivity index (χ1v) is 12.9. The lowest BCUT2D eigenvalue weighted by Gasteiger charge is -2.25. The molecule has 37 heavy (non-hydrogen) atoms. The van der Waals surface area contributed by atoms with Gasteiger partial charge in [0.2, 0.25) is 0 Å². The Hall–Kier alpha value is -4.57. The number of nitrogens with zero attached hydrogens (tertiary/aromatic N) is 4. The standard InChI is InChI=1S/C33H26N4/c1-3-13-23(14-4-1)31-34-32(24-15-5-2-6-16-24)36-33(35-31)27-19-9-12-22-30(27)37-28-20-10-7-17-25(28)26-18-8-11-21-29(26)37/h1,3-5,7-21,30H,2,6,22H2. The van der Waals surface area contributed by atoms with Crippen LogP contribution in [0.2, 0.25) is 0 Å². The summed E-state index contributed by atoms with van der Waals surface area (Å²) in [5.74, 6) is 2.17.